The molecule has 2 atom stereocenters. The van der Waals surface area contributed by atoms with Crippen LogP contribution in [0.3, 0.4) is 0 Å². The summed E-state index contributed by atoms with van der Waals surface area (Å²) in [5.41, 5.74) is 3.11. The molecule has 3 rings (SSSR count). The predicted octanol–water partition coefficient (Wildman–Crippen LogP) is 2.16. The van der Waals surface area contributed by atoms with Crippen molar-refractivity contribution in [2.24, 2.45) is 5.92 Å². The summed E-state index contributed by atoms with van der Waals surface area (Å²) in [5.74, 6) is -0.874. The van der Waals surface area contributed by atoms with E-state index in [-0.39, 0.29) is 5.91 Å². The van der Waals surface area contributed by atoms with Gasteiger partial charge < -0.3 is 15.4 Å². The number of hydrogen-bond acceptors (Lipinski definition) is 5. The Morgan fingerprint density at radius 2 is 2.03 bits per heavy atom. The quantitative estimate of drug-likeness (QED) is 0.728. The summed E-state index contributed by atoms with van der Waals surface area (Å²) in [7, 11) is 0. The molecule has 0 saturated carbocycles. The summed E-state index contributed by atoms with van der Waals surface area (Å²) >= 11 is 0. The summed E-state index contributed by atoms with van der Waals surface area (Å²) in [6.45, 7) is 5.58. The summed E-state index contributed by atoms with van der Waals surface area (Å²) in [6.07, 6.45) is 2.62. The zero-order valence-corrected chi connectivity index (χ0v) is 17.1. The lowest BCUT2D eigenvalue weighted by molar-refractivity contribution is -0.130. The average Bonchev–Trinajstić information content (AvgIpc) is 2.70. The minimum Gasteiger partial charge on any atom is -0.452 e. The number of nitrogens with one attached hydrogen (secondary N) is 2. The van der Waals surface area contributed by atoms with Gasteiger partial charge in [-0.2, -0.15) is 0 Å². The van der Waals surface area contributed by atoms with Gasteiger partial charge >= 0.3 is 5.97 Å². The van der Waals surface area contributed by atoms with E-state index >= 15 is 0 Å². The first-order valence-corrected chi connectivity index (χ1v) is 10.0. The first kappa shape index (κ1) is 20.8. The number of hydrogen-bond donors (Lipinski definition) is 2. The molecule has 1 aliphatic carbocycles. The van der Waals surface area contributed by atoms with Crippen molar-refractivity contribution in [2.75, 3.05) is 13.2 Å². The molecule has 0 unspecified atom stereocenters. The molecule has 2 amide bonds. The molecule has 0 aliphatic heterocycles. The molecule has 2 N–H and O–H groups in total. The number of amides is 2. The highest BCUT2D eigenvalue weighted by atomic mass is 16.5. The molecule has 0 saturated heterocycles. The van der Waals surface area contributed by atoms with Crippen LogP contribution in [0.15, 0.2) is 24.3 Å². The molecule has 154 valence electrons. The molecule has 1 aromatic carbocycles. The Kier molecular flexibility index (Phi) is 6.46. The second-order valence-corrected chi connectivity index (χ2v) is 7.54. The lowest BCUT2D eigenvalue weighted by Crippen LogP contribution is -2.46. The Bertz CT molecular complexity index is 941. The summed E-state index contributed by atoms with van der Waals surface area (Å²) in [6, 6.07) is 6.79. The van der Waals surface area contributed by atoms with Gasteiger partial charge in [-0.05, 0) is 50.7 Å². The van der Waals surface area contributed by atoms with Crippen LogP contribution >= 0.6 is 0 Å². The summed E-state index contributed by atoms with van der Waals surface area (Å²) in [5, 5.41) is 5.91. The van der Waals surface area contributed by atoms with E-state index in [1.807, 2.05) is 24.3 Å². The maximum absolute atomic E-state index is 13.0. The number of aromatic nitrogens is 1. The van der Waals surface area contributed by atoms with Gasteiger partial charge in [0.15, 0.2) is 6.61 Å². The van der Waals surface area contributed by atoms with Gasteiger partial charge in [0.25, 0.3) is 5.91 Å². The molecule has 2 aromatic rings. The minimum atomic E-state index is -0.698. The largest absolute Gasteiger partial charge is 0.452 e. The van der Waals surface area contributed by atoms with E-state index in [0.717, 1.165) is 41.4 Å². The van der Waals surface area contributed by atoms with Crippen molar-refractivity contribution < 1.29 is 19.1 Å². The average molecular weight is 397 g/mol. The smallest absolute Gasteiger partial charge is 0.339 e. The van der Waals surface area contributed by atoms with E-state index in [1.165, 1.54) is 0 Å². The van der Waals surface area contributed by atoms with Crippen molar-refractivity contribution >= 4 is 28.7 Å². The Morgan fingerprint density at radius 1 is 1.28 bits per heavy atom. The van der Waals surface area contributed by atoms with E-state index in [9.17, 15) is 14.4 Å². The standard InChI is InChI=1S/C22H27N3O4/c1-4-23-21(27)14(3)24-19(26)12-29-22(28)20-15-7-5-6-8-17(15)25-18-10-9-13(2)11-16(18)20/h5-8,13-14H,4,9-12H2,1-3H3,(H,23,27)(H,24,26)/t13-,14+/m0/s1. The number of rotatable bonds is 6. The summed E-state index contributed by atoms with van der Waals surface area (Å²) in [4.78, 5) is 41.5. The molecule has 0 bridgehead atoms. The van der Waals surface area contributed by atoms with Gasteiger partial charge in [-0.1, -0.05) is 25.1 Å². The van der Waals surface area contributed by atoms with Gasteiger partial charge in [-0.25, -0.2) is 4.79 Å². The Hall–Kier alpha value is -2.96. The van der Waals surface area contributed by atoms with E-state index in [4.69, 9.17) is 9.72 Å². The third-order valence-electron chi connectivity index (χ3n) is 5.17. The molecule has 7 nitrogen and oxygen atoms in total. The lowest BCUT2D eigenvalue weighted by Gasteiger charge is -2.24. The molecule has 1 heterocycles. The molecule has 1 aliphatic rings. The molecule has 0 fully saturated rings. The highest BCUT2D eigenvalue weighted by molar-refractivity contribution is 6.05. The highest BCUT2D eigenvalue weighted by Gasteiger charge is 2.26. The fraction of sp³-hybridized carbons (Fsp3) is 0.455. The van der Waals surface area contributed by atoms with Crippen LogP contribution < -0.4 is 10.6 Å². The van der Waals surface area contributed by atoms with E-state index in [0.29, 0.717) is 18.0 Å². The normalized spacial score (nSPS) is 16.6. The van der Waals surface area contributed by atoms with Crippen LogP contribution in [-0.2, 0) is 27.2 Å². The second kappa shape index (κ2) is 9.03. The number of para-hydroxylation sites is 1. The Balaban J connectivity index is 1.78. The first-order valence-electron chi connectivity index (χ1n) is 10.0. The number of fused-ring (bicyclic) bond motifs is 2. The molecule has 7 heteroatoms. The van der Waals surface area contributed by atoms with Gasteiger partial charge in [0.05, 0.1) is 11.1 Å². The minimum absolute atomic E-state index is 0.282. The van der Waals surface area contributed by atoms with Gasteiger partial charge in [0, 0.05) is 17.6 Å². The highest BCUT2D eigenvalue weighted by Crippen LogP contribution is 2.31. The Morgan fingerprint density at radius 3 is 2.79 bits per heavy atom. The number of carbonyl (C=O) groups is 3. The van der Waals surface area contributed by atoms with Crippen molar-refractivity contribution in [1.29, 1.82) is 0 Å². The van der Waals surface area contributed by atoms with Crippen molar-refractivity contribution in [3.05, 3.63) is 41.1 Å². The van der Waals surface area contributed by atoms with E-state index in [2.05, 4.69) is 17.6 Å². The van der Waals surface area contributed by atoms with Crippen molar-refractivity contribution in [1.82, 2.24) is 15.6 Å². The predicted molar refractivity (Wildman–Crippen MR) is 110 cm³/mol. The SMILES string of the molecule is CCNC(=O)[C@@H](C)NC(=O)COC(=O)c1c2c(nc3ccccc13)CC[C@H](C)C2. The zero-order valence-electron chi connectivity index (χ0n) is 17.1. The van der Waals surface area contributed by atoms with Gasteiger partial charge in [-0.15, -0.1) is 0 Å². The molecular formula is C22H27N3O4. The van der Waals surface area contributed by atoms with Gasteiger partial charge in [0.2, 0.25) is 5.91 Å². The number of pyridine rings is 1. The van der Waals surface area contributed by atoms with Crippen LogP contribution in [0.1, 0.15) is 48.8 Å². The van der Waals surface area contributed by atoms with Crippen LogP contribution in [0.2, 0.25) is 0 Å². The van der Waals surface area contributed by atoms with Gasteiger partial charge in [-0.3, -0.25) is 14.6 Å². The van der Waals surface area contributed by atoms with Crippen LogP contribution in [0.5, 0.6) is 0 Å². The van der Waals surface area contributed by atoms with Crippen LogP contribution in [0.4, 0.5) is 0 Å². The van der Waals surface area contributed by atoms with Crippen molar-refractivity contribution in [3.63, 3.8) is 0 Å². The first-order chi connectivity index (χ1) is 13.9. The molecule has 29 heavy (non-hydrogen) atoms. The molecular weight excluding hydrogens is 370 g/mol. The number of carbonyl (C=O) groups excluding carboxylic acids is 3. The molecule has 0 radical (unpaired) electrons. The number of aryl methyl sites for hydroxylation is 1. The van der Waals surface area contributed by atoms with E-state index in [1.54, 1.807) is 13.8 Å². The maximum atomic E-state index is 13.0. The summed E-state index contributed by atoms with van der Waals surface area (Å²) < 4.78 is 5.33. The number of ether oxygens (including phenoxy) is 1. The number of likely N-dealkylation sites (N-methyl/N-ethyl adjacent to an activating group) is 1. The van der Waals surface area contributed by atoms with Crippen LogP contribution in [0.25, 0.3) is 10.9 Å². The second-order valence-electron chi connectivity index (χ2n) is 7.54. The molecule has 0 spiro atoms. The number of benzene rings is 1. The zero-order chi connectivity index (χ0) is 21.0. The fourth-order valence-corrected chi connectivity index (χ4v) is 3.68. The van der Waals surface area contributed by atoms with Crippen molar-refractivity contribution in [2.45, 2.75) is 46.1 Å². The third kappa shape index (κ3) is 4.72. The number of esters is 1. The van der Waals surface area contributed by atoms with Crippen molar-refractivity contribution in [3.8, 4) is 0 Å². The van der Waals surface area contributed by atoms with Gasteiger partial charge in [0.1, 0.15) is 6.04 Å². The topological polar surface area (TPSA) is 97.4 Å². The third-order valence-corrected chi connectivity index (χ3v) is 5.17. The van der Waals surface area contributed by atoms with E-state index < -0.39 is 24.5 Å². The lowest BCUT2D eigenvalue weighted by atomic mass is 9.84. The fourth-order valence-electron chi connectivity index (χ4n) is 3.68. The maximum Gasteiger partial charge on any atom is 0.339 e. The monoisotopic (exact) mass is 397 g/mol. The number of nitrogens with zero attached hydrogens (tertiary/aromatic N) is 1. The molecule has 1 aromatic heterocycles. The van der Waals surface area contributed by atoms with Crippen LogP contribution in [0, 0.1) is 5.92 Å². The van der Waals surface area contributed by atoms with Crippen LogP contribution in [-0.4, -0.2) is 42.0 Å². The Labute approximate surface area is 170 Å².